The summed E-state index contributed by atoms with van der Waals surface area (Å²) in [5.41, 5.74) is 6.25. The SMILES string of the molecule is NCC1CCCN(C(=O)c2ccc(Cl)nc2)C1. The van der Waals surface area contributed by atoms with Crippen LogP contribution in [0.25, 0.3) is 0 Å². The summed E-state index contributed by atoms with van der Waals surface area (Å²) in [6.45, 7) is 2.19. The number of nitrogens with two attached hydrogens (primary N) is 1. The Hall–Kier alpha value is -1.13. The molecule has 0 spiro atoms. The van der Waals surface area contributed by atoms with Gasteiger partial charge in [0.25, 0.3) is 5.91 Å². The Bertz CT molecular complexity index is 393. The fourth-order valence-electron chi connectivity index (χ4n) is 2.13. The summed E-state index contributed by atoms with van der Waals surface area (Å²) in [4.78, 5) is 18.0. The van der Waals surface area contributed by atoms with Crippen molar-refractivity contribution in [3.8, 4) is 0 Å². The molecule has 0 aliphatic carbocycles. The molecule has 0 saturated carbocycles. The van der Waals surface area contributed by atoms with E-state index in [4.69, 9.17) is 17.3 Å². The van der Waals surface area contributed by atoms with Crippen molar-refractivity contribution in [3.05, 3.63) is 29.0 Å². The van der Waals surface area contributed by atoms with Crippen LogP contribution in [0.4, 0.5) is 0 Å². The van der Waals surface area contributed by atoms with E-state index in [1.165, 1.54) is 6.20 Å². The topological polar surface area (TPSA) is 59.2 Å². The second kappa shape index (κ2) is 5.47. The third-order valence-electron chi connectivity index (χ3n) is 3.11. The molecule has 1 aliphatic rings. The molecular weight excluding hydrogens is 238 g/mol. The van der Waals surface area contributed by atoms with Gasteiger partial charge in [0.1, 0.15) is 5.15 Å². The van der Waals surface area contributed by atoms with Crippen molar-refractivity contribution in [2.45, 2.75) is 12.8 Å². The van der Waals surface area contributed by atoms with Gasteiger partial charge in [-0.2, -0.15) is 0 Å². The Morgan fingerprint density at radius 3 is 3.06 bits per heavy atom. The number of piperidine rings is 1. The van der Waals surface area contributed by atoms with Crippen LogP contribution in [-0.2, 0) is 0 Å². The lowest BCUT2D eigenvalue weighted by molar-refractivity contribution is 0.0678. The molecule has 1 unspecified atom stereocenters. The van der Waals surface area contributed by atoms with Crippen molar-refractivity contribution in [2.75, 3.05) is 19.6 Å². The molecule has 1 saturated heterocycles. The minimum atomic E-state index is 0.0207. The zero-order valence-corrected chi connectivity index (χ0v) is 10.4. The molecule has 17 heavy (non-hydrogen) atoms. The zero-order chi connectivity index (χ0) is 12.3. The van der Waals surface area contributed by atoms with Gasteiger partial charge in [0, 0.05) is 19.3 Å². The van der Waals surface area contributed by atoms with E-state index in [1.807, 2.05) is 4.90 Å². The highest BCUT2D eigenvalue weighted by Crippen LogP contribution is 2.17. The molecule has 2 rings (SSSR count). The van der Waals surface area contributed by atoms with Crippen LogP contribution in [0.15, 0.2) is 18.3 Å². The number of hydrogen-bond donors (Lipinski definition) is 1. The fourth-order valence-corrected chi connectivity index (χ4v) is 2.24. The van der Waals surface area contributed by atoms with Crippen LogP contribution < -0.4 is 5.73 Å². The third kappa shape index (κ3) is 2.96. The zero-order valence-electron chi connectivity index (χ0n) is 9.60. The monoisotopic (exact) mass is 253 g/mol. The first-order valence-electron chi connectivity index (χ1n) is 5.81. The fraction of sp³-hybridized carbons (Fsp3) is 0.500. The minimum Gasteiger partial charge on any atom is -0.338 e. The minimum absolute atomic E-state index is 0.0207. The van der Waals surface area contributed by atoms with E-state index in [9.17, 15) is 4.79 Å². The van der Waals surface area contributed by atoms with Gasteiger partial charge in [-0.15, -0.1) is 0 Å². The van der Waals surface area contributed by atoms with Gasteiger partial charge in [0.2, 0.25) is 0 Å². The summed E-state index contributed by atoms with van der Waals surface area (Å²) < 4.78 is 0. The number of amides is 1. The predicted octanol–water partition coefficient (Wildman–Crippen LogP) is 1.55. The maximum atomic E-state index is 12.2. The lowest BCUT2D eigenvalue weighted by Crippen LogP contribution is -2.42. The Morgan fingerprint density at radius 2 is 2.41 bits per heavy atom. The Balaban J connectivity index is 2.06. The van der Waals surface area contributed by atoms with Crippen LogP contribution in [0.2, 0.25) is 5.15 Å². The average molecular weight is 254 g/mol. The molecule has 2 heterocycles. The molecule has 92 valence electrons. The summed E-state index contributed by atoms with van der Waals surface area (Å²) in [6, 6.07) is 3.35. The van der Waals surface area contributed by atoms with Crippen molar-refractivity contribution in [1.29, 1.82) is 0 Å². The van der Waals surface area contributed by atoms with E-state index < -0.39 is 0 Å². The number of pyridine rings is 1. The first kappa shape index (κ1) is 12.3. The molecular formula is C12H16ClN3O. The standard InChI is InChI=1S/C12H16ClN3O/c13-11-4-3-10(7-15-11)12(17)16-5-1-2-9(6-14)8-16/h3-4,7,9H,1-2,5-6,8,14H2. The van der Waals surface area contributed by atoms with Crippen LogP contribution in [-0.4, -0.2) is 35.4 Å². The normalized spacial score (nSPS) is 20.4. The summed E-state index contributed by atoms with van der Waals surface area (Å²) in [5, 5.41) is 0.403. The Morgan fingerprint density at radius 1 is 1.59 bits per heavy atom. The van der Waals surface area contributed by atoms with Gasteiger partial charge in [-0.05, 0) is 37.4 Å². The first-order valence-corrected chi connectivity index (χ1v) is 6.19. The summed E-state index contributed by atoms with van der Waals surface area (Å²) in [5.74, 6) is 0.445. The maximum absolute atomic E-state index is 12.2. The number of carbonyl (C=O) groups is 1. The van der Waals surface area contributed by atoms with E-state index in [0.29, 0.717) is 23.2 Å². The highest BCUT2D eigenvalue weighted by atomic mass is 35.5. The van der Waals surface area contributed by atoms with Crippen molar-refractivity contribution in [1.82, 2.24) is 9.88 Å². The number of rotatable bonds is 2. The predicted molar refractivity (Wildman–Crippen MR) is 66.9 cm³/mol. The van der Waals surface area contributed by atoms with Gasteiger partial charge >= 0.3 is 0 Å². The van der Waals surface area contributed by atoms with E-state index in [2.05, 4.69) is 4.98 Å². The van der Waals surface area contributed by atoms with E-state index >= 15 is 0 Å². The molecule has 1 aromatic rings. The van der Waals surface area contributed by atoms with Crippen LogP contribution in [0.3, 0.4) is 0 Å². The van der Waals surface area contributed by atoms with E-state index in [-0.39, 0.29) is 5.91 Å². The largest absolute Gasteiger partial charge is 0.338 e. The third-order valence-corrected chi connectivity index (χ3v) is 3.34. The van der Waals surface area contributed by atoms with Gasteiger partial charge < -0.3 is 10.6 Å². The number of likely N-dealkylation sites (tertiary alicyclic amines) is 1. The van der Waals surface area contributed by atoms with Gasteiger partial charge in [-0.3, -0.25) is 4.79 Å². The Labute approximate surface area is 106 Å². The molecule has 1 aliphatic heterocycles. The second-order valence-corrected chi connectivity index (χ2v) is 4.75. The van der Waals surface area contributed by atoms with E-state index in [0.717, 1.165) is 25.9 Å². The number of hydrogen-bond acceptors (Lipinski definition) is 3. The van der Waals surface area contributed by atoms with Crippen molar-refractivity contribution in [3.63, 3.8) is 0 Å². The van der Waals surface area contributed by atoms with Gasteiger partial charge in [0.05, 0.1) is 5.56 Å². The lowest BCUT2D eigenvalue weighted by atomic mass is 9.98. The molecule has 4 nitrogen and oxygen atoms in total. The molecule has 1 aromatic heterocycles. The van der Waals surface area contributed by atoms with Gasteiger partial charge in [0.15, 0.2) is 0 Å². The number of halogens is 1. The first-order chi connectivity index (χ1) is 8.20. The van der Waals surface area contributed by atoms with Crippen molar-refractivity contribution in [2.24, 2.45) is 11.7 Å². The molecule has 0 aromatic carbocycles. The molecule has 0 radical (unpaired) electrons. The van der Waals surface area contributed by atoms with E-state index in [1.54, 1.807) is 12.1 Å². The highest BCUT2D eigenvalue weighted by molar-refractivity contribution is 6.29. The summed E-state index contributed by atoms with van der Waals surface area (Å²) >= 11 is 5.70. The molecule has 2 N–H and O–H groups in total. The van der Waals surface area contributed by atoms with Gasteiger partial charge in [-0.1, -0.05) is 11.6 Å². The number of carbonyl (C=O) groups excluding carboxylic acids is 1. The molecule has 1 fully saturated rings. The number of nitrogens with zero attached hydrogens (tertiary/aromatic N) is 2. The number of aromatic nitrogens is 1. The quantitative estimate of drug-likeness (QED) is 0.814. The van der Waals surface area contributed by atoms with Crippen LogP contribution in [0.5, 0.6) is 0 Å². The van der Waals surface area contributed by atoms with Crippen molar-refractivity contribution < 1.29 is 4.79 Å². The Kier molecular flexibility index (Phi) is 3.97. The smallest absolute Gasteiger partial charge is 0.255 e. The van der Waals surface area contributed by atoms with Gasteiger partial charge in [-0.25, -0.2) is 4.98 Å². The maximum Gasteiger partial charge on any atom is 0.255 e. The summed E-state index contributed by atoms with van der Waals surface area (Å²) in [6.07, 6.45) is 3.66. The average Bonchev–Trinajstić information content (AvgIpc) is 2.39. The van der Waals surface area contributed by atoms with Crippen LogP contribution in [0.1, 0.15) is 23.2 Å². The highest BCUT2D eigenvalue weighted by Gasteiger charge is 2.23. The van der Waals surface area contributed by atoms with Crippen LogP contribution >= 0.6 is 11.6 Å². The molecule has 1 amide bonds. The summed E-state index contributed by atoms with van der Waals surface area (Å²) in [7, 11) is 0. The molecule has 1 atom stereocenters. The second-order valence-electron chi connectivity index (χ2n) is 4.36. The van der Waals surface area contributed by atoms with Crippen molar-refractivity contribution >= 4 is 17.5 Å². The lowest BCUT2D eigenvalue weighted by Gasteiger charge is -2.32. The molecule has 5 heteroatoms. The van der Waals surface area contributed by atoms with Crippen LogP contribution in [0, 0.1) is 5.92 Å². The molecule has 0 bridgehead atoms.